The van der Waals surface area contributed by atoms with Gasteiger partial charge in [0, 0.05) is 18.6 Å². The van der Waals surface area contributed by atoms with Gasteiger partial charge in [-0.3, -0.25) is 4.79 Å². The Morgan fingerprint density at radius 2 is 2.06 bits per heavy atom. The molecule has 1 heterocycles. The first-order valence-electron chi connectivity index (χ1n) is 5.88. The van der Waals surface area contributed by atoms with Crippen LogP contribution in [-0.2, 0) is 4.79 Å². The Labute approximate surface area is 95.0 Å². The van der Waals surface area contributed by atoms with E-state index in [0.29, 0.717) is 0 Å². The van der Waals surface area contributed by atoms with Crippen LogP contribution in [0.3, 0.4) is 0 Å². The molecule has 2 amide bonds. The van der Waals surface area contributed by atoms with Gasteiger partial charge in [-0.05, 0) is 32.6 Å². The maximum atomic E-state index is 12.2. The molecular formula is C11H18N2O3. The van der Waals surface area contributed by atoms with Gasteiger partial charge < -0.3 is 14.9 Å². The van der Waals surface area contributed by atoms with Gasteiger partial charge in [0.1, 0.15) is 6.54 Å². The van der Waals surface area contributed by atoms with Gasteiger partial charge in [0.25, 0.3) is 0 Å². The molecule has 5 nitrogen and oxygen atoms in total. The van der Waals surface area contributed by atoms with E-state index >= 15 is 0 Å². The second-order valence-corrected chi connectivity index (χ2v) is 4.72. The van der Waals surface area contributed by atoms with Crippen molar-refractivity contribution in [3.63, 3.8) is 0 Å². The van der Waals surface area contributed by atoms with Crippen LogP contribution < -0.4 is 0 Å². The molecule has 2 fully saturated rings. The van der Waals surface area contributed by atoms with E-state index in [4.69, 9.17) is 5.11 Å². The van der Waals surface area contributed by atoms with Crippen molar-refractivity contribution in [2.24, 2.45) is 0 Å². The van der Waals surface area contributed by atoms with Crippen LogP contribution in [0.1, 0.15) is 32.6 Å². The van der Waals surface area contributed by atoms with Crippen molar-refractivity contribution in [2.75, 3.05) is 13.1 Å². The molecule has 1 saturated heterocycles. The molecule has 1 aliphatic carbocycles. The molecule has 90 valence electrons. The van der Waals surface area contributed by atoms with Gasteiger partial charge in [0.05, 0.1) is 0 Å². The number of aliphatic carboxylic acids is 1. The number of carboxylic acids is 1. The van der Waals surface area contributed by atoms with Crippen molar-refractivity contribution in [3.8, 4) is 0 Å². The molecule has 0 spiro atoms. The molecule has 2 rings (SSSR count). The van der Waals surface area contributed by atoms with Crippen LogP contribution >= 0.6 is 0 Å². The summed E-state index contributed by atoms with van der Waals surface area (Å²) < 4.78 is 0. The summed E-state index contributed by atoms with van der Waals surface area (Å²) >= 11 is 0. The maximum Gasteiger partial charge on any atom is 0.323 e. The lowest BCUT2D eigenvalue weighted by Gasteiger charge is -2.29. The van der Waals surface area contributed by atoms with Crippen molar-refractivity contribution >= 4 is 12.0 Å². The third kappa shape index (κ3) is 2.28. The summed E-state index contributed by atoms with van der Waals surface area (Å²) in [5.74, 6) is -0.924. The summed E-state index contributed by atoms with van der Waals surface area (Å²) in [6.07, 6.45) is 3.94. The number of hydrogen-bond donors (Lipinski definition) is 1. The number of urea groups is 1. The first-order valence-corrected chi connectivity index (χ1v) is 5.88. The molecular weight excluding hydrogens is 208 g/mol. The lowest BCUT2D eigenvalue weighted by molar-refractivity contribution is -0.137. The fourth-order valence-corrected chi connectivity index (χ4v) is 2.27. The second kappa shape index (κ2) is 4.31. The third-order valence-corrected chi connectivity index (χ3v) is 3.34. The topological polar surface area (TPSA) is 60.9 Å². The van der Waals surface area contributed by atoms with E-state index in [1.54, 1.807) is 4.90 Å². The van der Waals surface area contributed by atoms with Crippen molar-refractivity contribution in [2.45, 2.75) is 44.7 Å². The van der Waals surface area contributed by atoms with E-state index in [9.17, 15) is 9.59 Å². The molecule has 1 saturated carbocycles. The van der Waals surface area contributed by atoms with Crippen molar-refractivity contribution in [1.82, 2.24) is 9.80 Å². The number of nitrogens with zero attached hydrogens (tertiary/aromatic N) is 2. The number of carboxylic acid groups (broad SMARTS) is 1. The molecule has 5 heteroatoms. The van der Waals surface area contributed by atoms with E-state index in [2.05, 4.69) is 0 Å². The lowest BCUT2D eigenvalue weighted by atomic mass is 10.2. The van der Waals surface area contributed by atoms with Gasteiger partial charge in [0.15, 0.2) is 0 Å². The monoisotopic (exact) mass is 226 g/mol. The van der Waals surface area contributed by atoms with Gasteiger partial charge in [-0.25, -0.2) is 4.79 Å². The van der Waals surface area contributed by atoms with Crippen LogP contribution in [0.25, 0.3) is 0 Å². The third-order valence-electron chi connectivity index (χ3n) is 3.34. The predicted octanol–water partition coefficient (Wildman–Crippen LogP) is 1.14. The lowest BCUT2D eigenvalue weighted by Crippen LogP contribution is -2.47. The van der Waals surface area contributed by atoms with Crippen LogP contribution in [0.5, 0.6) is 0 Å². The average molecular weight is 226 g/mol. The van der Waals surface area contributed by atoms with Gasteiger partial charge in [-0.1, -0.05) is 0 Å². The molecule has 16 heavy (non-hydrogen) atoms. The highest BCUT2D eigenvalue weighted by Crippen LogP contribution is 2.29. The molecule has 0 aromatic rings. The SMILES string of the molecule is CC1CCCN1C(=O)N(CC(=O)O)C1CC1. The number of likely N-dealkylation sites (tertiary alicyclic amines) is 1. The zero-order valence-electron chi connectivity index (χ0n) is 9.56. The average Bonchev–Trinajstić information content (AvgIpc) is 2.97. The summed E-state index contributed by atoms with van der Waals surface area (Å²) in [5.41, 5.74) is 0. The first-order chi connectivity index (χ1) is 7.59. The molecule has 1 aliphatic heterocycles. The van der Waals surface area contributed by atoms with E-state index in [-0.39, 0.29) is 24.7 Å². The van der Waals surface area contributed by atoms with E-state index < -0.39 is 5.97 Å². The number of carbonyl (C=O) groups is 2. The zero-order valence-corrected chi connectivity index (χ0v) is 9.56. The predicted molar refractivity (Wildman–Crippen MR) is 58.2 cm³/mol. The molecule has 2 aliphatic rings. The maximum absolute atomic E-state index is 12.2. The highest BCUT2D eigenvalue weighted by atomic mass is 16.4. The van der Waals surface area contributed by atoms with Crippen LogP contribution in [0.4, 0.5) is 4.79 Å². The fourth-order valence-electron chi connectivity index (χ4n) is 2.27. The molecule has 1 unspecified atom stereocenters. The minimum atomic E-state index is -0.924. The van der Waals surface area contributed by atoms with Crippen molar-refractivity contribution in [3.05, 3.63) is 0 Å². The number of rotatable bonds is 3. The number of hydrogen-bond acceptors (Lipinski definition) is 2. The van der Waals surface area contributed by atoms with Gasteiger partial charge in [-0.15, -0.1) is 0 Å². The van der Waals surface area contributed by atoms with Gasteiger partial charge >= 0.3 is 12.0 Å². The first kappa shape index (κ1) is 11.2. The minimum absolute atomic E-state index is 0.0881. The summed E-state index contributed by atoms with van der Waals surface area (Å²) in [7, 11) is 0. The Balaban J connectivity index is 2.01. The Kier molecular flexibility index (Phi) is 3.03. The fraction of sp³-hybridized carbons (Fsp3) is 0.818. The summed E-state index contributed by atoms with van der Waals surface area (Å²) in [6, 6.07) is 0.328. The Hall–Kier alpha value is -1.26. The smallest absolute Gasteiger partial charge is 0.323 e. The molecule has 0 aromatic heterocycles. The van der Waals surface area contributed by atoms with E-state index in [1.165, 1.54) is 4.90 Å². The largest absolute Gasteiger partial charge is 0.480 e. The molecule has 0 aromatic carbocycles. The number of carbonyl (C=O) groups excluding carboxylic acids is 1. The second-order valence-electron chi connectivity index (χ2n) is 4.72. The van der Waals surface area contributed by atoms with Crippen LogP contribution in [-0.4, -0.2) is 52.1 Å². The molecule has 1 atom stereocenters. The van der Waals surface area contributed by atoms with Crippen molar-refractivity contribution < 1.29 is 14.7 Å². The summed E-state index contributed by atoms with van der Waals surface area (Å²) in [5, 5.41) is 8.81. The van der Waals surface area contributed by atoms with Gasteiger partial charge in [0.2, 0.25) is 0 Å². The Bertz CT molecular complexity index is 302. The molecule has 0 bridgehead atoms. The van der Waals surface area contributed by atoms with Gasteiger partial charge in [-0.2, -0.15) is 0 Å². The highest BCUT2D eigenvalue weighted by Gasteiger charge is 2.38. The molecule has 0 radical (unpaired) electrons. The Morgan fingerprint density at radius 1 is 1.38 bits per heavy atom. The summed E-state index contributed by atoms with van der Waals surface area (Å²) in [4.78, 5) is 26.2. The highest BCUT2D eigenvalue weighted by molar-refractivity contribution is 5.81. The number of amides is 2. The van der Waals surface area contributed by atoms with E-state index in [0.717, 1.165) is 32.2 Å². The molecule has 1 N–H and O–H groups in total. The van der Waals surface area contributed by atoms with E-state index in [1.807, 2.05) is 6.92 Å². The van der Waals surface area contributed by atoms with Crippen LogP contribution in [0, 0.1) is 0 Å². The van der Waals surface area contributed by atoms with Crippen LogP contribution in [0.2, 0.25) is 0 Å². The zero-order chi connectivity index (χ0) is 11.7. The normalized spacial score (nSPS) is 24.6. The minimum Gasteiger partial charge on any atom is -0.480 e. The van der Waals surface area contributed by atoms with Crippen LogP contribution in [0.15, 0.2) is 0 Å². The Morgan fingerprint density at radius 3 is 2.50 bits per heavy atom. The summed E-state index contributed by atoms with van der Waals surface area (Å²) in [6.45, 7) is 2.63. The van der Waals surface area contributed by atoms with Crippen molar-refractivity contribution in [1.29, 1.82) is 0 Å². The quantitative estimate of drug-likeness (QED) is 0.785. The standard InChI is InChI=1S/C11H18N2O3/c1-8-3-2-6-12(8)11(16)13(7-10(14)15)9-4-5-9/h8-9H,2-7H2,1H3,(H,14,15).